The first-order valence-electron chi connectivity index (χ1n) is 6.56. The van der Waals surface area contributed by atoms with Gasteiger partial charge in [-0.15, -0.1) is 0 Å². The molecular formula is C15H15FN2O4S. The van der Waals surface area contributed by atoms with Crippen LogP contribution in [0.5, 0.6) is 5.75 Å². The van der Waals surface area contributed by atoms with E-state index in [1.807, 2.05) is 11.6 Å². The largest absolute Gasteiger partial charge is 0.494 e. The number of carbonyl (C=O) groups is 1. The number of nitrogens with one attached hydrogen (secondary N) is 2. The molecule has 8 heteroatoms. The van der Waals surface area contributed by atoms with E-state index < -0.39 is 21.9 Å². The molecule has 0 bridgehead atoms. The summed E-state index contributed by atoms with van der Waals surface area (Å²) < 4.78 is 44.2. The van der Waals surface area contributed by atoms with Gasteiger partial charge in [0.1, 0.15) is 0 Å². The van der Waals surface area contributed by atoms with Gasteiger partial charge in [-0.1, -0.05) is 17.7 Å². The molecule has 2 rings (SSSR count). The Morgan fingerprint density at radius 2 is 1.78 bits per heavy atom. The van der Waals surface area contributed by atoms with Gasteiger partial charge in [0.15, 0.2) is 11.6 Å². The maximum atomic E-state index is 13.5. The summed E-state index contributed by atoms with van der Waals surface area (Å²) >= 11 is 0. The average molecular weight is 338 g/mol. The predicted molar refractivity (Wildman–Crippen MR) is 83.5 cm³/mol. The lowest BCUT2D eigenvalue weighted by atomic mass is 10.2. The molecule has 2 aromatic carbocycles. The highest BCUT2D eigenvalue weighted by atomic mass is 32.2. The zero-order chi connectivity index (χ0) is 17.0. The normalized spacial score (nSPS) is 10.9. The Bertz CT molecular complexity index is 820. The number of sulfonamides is 1. The van der Waals surface area contributed by atoms with Crippen LogP contribution in [0.2, 0.25) is 0 Å². The average Bonchev–Trinajstić information content (AvgIpc) is 2.47. The zero-order valence-electron chi connectivity index (χ0n) is 12.5. The van der Waals surface area contributed by atoms with Crippen molar-refractivity contribution in [3.8, 4) is 5.75 Å². The first-order valence-corrected chi connectivity index (χ1v) is 8.04. The van der Waals surface area contributed by atoms with Crippen LogP contribution < -0.4 is 14.8 Å². The van der Waals surface area contributed by atoms with Crippen LogP contribution in [0, 0.1) is 12.7 Å². The van der Waals surface area contributed by atoms with Crippen molar-refractivity contribution in [1.82, 2.24) is 4.72 Å². The van der Waals surface area contributed by atoms with E-state index in [4.69, 9.17) is 4.74 Å². The van der Waals surface area contributed by atoms with E-state index in [2.05, 4.69) is 5.32 Å². The van der Waals surface area contributed by atoms with E-state index in [1.165, 1.54) is 31.4 Å². The molecule has 0 aliphatic carbocycles. The first kappa shape index (κ1) is 16.8. The molecule has 0 aromatic heterocycles. The third-order valence-corrected chi connectivity index (χ3v) is 4.31. The fourth-order valence-electron chi connectivity index (χ4n) is 1.80. The van der Waals surface area contributed by atoms with Crippen LogP contribution >= 0.6 is 0 Å². The van der Waals surface area contributed by atoms with Crippen molar-refractivity contribution in [1.29, 1.82) is 0 Å². The van der Waals surface area contributed by atoms with Gasteiger partial charge in [0.05, 0.1) is 12.0 Å². The van der Waals surface area contributed by atoms with Crippen molar-refractivity contribution >= 4 is 21.7 Å². The number of ether oxygens (including phenoxy) is 1. The molecule has 0 atom stereocenters. The maximum Gasteiger partial charge on any atom is 0.333 e. The molecule has 0 fully saturated rings. The van der Waals surface area contributed by atoms with Crippen molar-refractivity contribution in [3.05, 3.63) is 53.8 Å². The Labute approximate surface area is 133 Å². The molecule has 23 heavy (non-hydrogen) atoms. The number of hydrogen-bond acceptors (Lipinski definition) is 4. The van der Waals surface area contributed by atoms with Gasteiger partial charge in [-0.05, 0) is 31.2 Å². The second-order valence-corrected chi connectivity index (χ2v) is 6.40. The molecule has 0 saturated heterocycles. The molecule has 2 amide bonds. The molecule has 2 N–H and O–H groups in total. The monoisotopic (exact) mass is 338 g/mol. The fraction of sp³-hybridized carbons (Fsp3) is 0.133. The first-order chi connectivity index (χ1) is 10.8. The van der Waals surface area contributed by atoms with Gasteiger partial charge in [-0.25, -0.2) is 22.3 Å². The number of rotatable bonds is 4. The van der Waals surface area contributed by atoms with E-state index in [1.54, 1.807) is 12.1 Å². The van der Waals surface area contributed by atoms with Gasteiger partial charge >= 0.3 is 6.03 Å². The van der Waals surface area contributed by atoms with Crippen molar-refractivity contribution < 1.29 is 22.3 Å². The highest BCUT2D eigenvalue weighted by Crippen LogP contribution is 2.20. The number of hydrogen-bond donors (Lipinski definition) is 2. The molecule has 0 aliphatic heterocycles. The summed E-state index contributed by atoms with van der Waals surface area (Å²) in [7, 11) is -2.69. The van der Waals surface area contributed by atoms with Gasteiger partial charge < -0.3 is 10.1 Å². The lowest BCUT2D eigenvalue weighted by Gasteiger charge is -2.10. The summed E-state index contributed by atoms with van der Waals surface area (Å²) in [5.74, 6) is -0.657. The van der Waals surface area contributed by atoms with E-state index in [0.717, 1.165) is 11.6 Å². The third kappa shape index (κ3) is 4.19. The Kier molecular flexibility index (Phi) is 4.85. The number of benzene rings is 2. The minimum atomic E-state index is -4.00. The summed E-state index contributed by atoms with van der Waals surface area (Å²) in [4.78, 5) is 11.7. The Balaban J connectivity index is 2.09. The van der Waals surface area contributed by atoms with Gasteiger partial charge in [-0.2, -0.15) is 0 Å². The Morgan fingerprint density at radius 3 is 2.35 bits per heavy atom. The minimum absolute atomic E-state index is 0.0169. The molecular weight excluding hydrogens is 323 g/mol. The smallest absolute Gasteiger partial charge is 0.333 e. The number of carbonyl (C=O) groups excluding carboxylic acids is 1. The van der Waals surface area contributed by atoms with Crippen molar-refractivity contribution in [2.24, 2.45) is 0 Å². The number of anilines is 1. The van der Waals surface area contributed by atoms with Gasteiger partial charge in [0, 0.05) is 11.8 Å². The molecule has 2 aromatic rings. The molecule has 6 nitrogen and oxygen atoms in total. The van der Waals surface area contributed by atoms with Gasteiger partial charge in [0.25, 0.3) is 10.0 Å². The quantitative estimate of drug-likeness (QED) is 0.897. The lowest BCUT2D eigenvalue weighted by Crippen LogP contribution is -2.34. The topological polar surface area (TPSA) is 84.5 Å². The Morgan fingerprint density at radius 1 is 1.13 bits per heavy atom. The molecule has 122 valence electrons. The summed E-state index contributed by atoms with van der Waals surface area (Å²) in [6, 6.07) is 8.75. The van der Waals surface area contributed by atoms with E-state index >= 15 is 0 Å². The molecule has 0 saturated carbocycles. The van der Waals surface area contributed by atoms with Crippen molar-refractivity contribution in [3.63, 3.8) is 0 Å². The summed E-state index contributed by atoms with van der Waals surface area (Å²) in [6.45, 7) is 1.81. The van der Waals surface area contributed by atoms with Crippen molar-refractivity contribution in [2.75, 3.05) is 12.4 Å². The van der Waals surface area contributed by atoms with E-state index in [-0.39, 0.29) is 16.3 Å². The second kappa shape index (κ2) is 6.66. The van der Waals surface area contributed by atoms with Crippen LogP contribution in [0.15, 0.2) is 47.4 Å². The maximum absolute atomic E-state index is 13.5. The summed E-state index contributed by atoms with van der Waals surface area (Å²) in [5, 5.41) is 2.25. The highest BCUT2D eigenvalue weighted by molar-refractivity contribution is 7.90. The second-order valence-electron chi connectivity index (χ2n) is 4.72. The van der Waals surface area contributed by atoms with Crippen LogP contribution in [0.25, 0.3) is 0 Å². The van der Waals surface area contributed by atoms with Crippen molar-refractivity contribution in [2.45, 2.75) is 11.8 Å². The van der Waals surface area contributed by atoms with Crippen LogP contribution in [0.4, 0.5) is 14.9 Å². The third-order valence-electron chi connectivity index (χ3n) is 2.97. The molecule has 0 aliphatic rings. The number of halogens is 1. The highest BCUT2D eigenvalue weighted by Gasteiger charge is 2.17. The molecule has 0 radical (unpaired) electrons. The van der Waals surface area contributed by atoms with Gasteiger partial charge in [-0.3, -0.25) is 0 Å². The van der Waals surface area contributed by atoms with E-state index in [9.17, 15) is 17.6 Å². The Hall–Kier alpha value is -2.61. The van der Waals surface area contributed by atoms with Crippen LogP contribution in [0.3, 0.4) is 0 Å². The van der Waals surface area contributed by atoms with Crippen LogP contribution in [0.1, 0.15) is 5.56 Å². The van der Waals surface area contributed by atoms with Gasteiger partial charge in [0.2, 0.25) is 0 Å². The van der Waals surface area contributed by atoms with Crippen LogP contribution in [-0.4, -0.2) is 21.6 Å². The molecule has 0 spiro atoms. The van der Waals surface area contributed by atoms with Crippen LogP contribution in [-0.2, 0) is 10.0 Å². The predicted octanol–water partition coefficient (Wildman–Crippen LogP) is 2.65. The molecule has 0 unspecified atom stereocenters. The fourth-order valence-corrected chi connectivity index (χ4v) is 2.71. The number of aryl methyl sites for hydroxylation is 1. The minimum Gasteiger partial charge on any atom is -0.494 e. The summed E-state index contributed by atoms with van der Waals surface area (Å²) in [6.07, 6.45) is 0. The standard InChI is InChI=1S/C15H15FN2O4S/c1-10-3-6-12(7-4-10)23(20,21)18-15(19)17-11-5-8-14(22-2)13(16)9-11/h3-9H,1-2H3,(H2,17,18,19). The number of amides is 2. The molecule has 0 heterocycles. The number of methoxy groups -OCH3 is 1. The zero-order valence-corrected chi connectivity index (χ0v) is 13.3. The SMILES string of the molecule is COc1ccc(NC(=O)NS(=O)(=O)c2ccc(C)cc2)cc1F. The van der Waals surface area contributed by atoms with E-state index in [0.29, 0.717) is 0 Å². The lowest BCUT2D eigenvalue weighted by molar-refractivity contribution is 0.256. The number of urea groups is 1. The summed E-state index contributed by atoms with van der Waals surface area (Å²) in [5.41, 5.74) is 0.988.